The molecular formula is C14H16O2. The third-order valence-electron chi connectivity index (χ3n) is 1.93. The molecule has 0 saturated heterocycles. The summed E-state index contributed by atoms with van der Waals surface area (Å²) in [5, 5.41) is 0. The van der Waals surface area contributed by atoms with Crippen molar-refractivity contribution in [3.05, 3.63) is 53.6 Å². The van der Waals surface area contributed by atoms with E-state index < -0.39 is 0 Å². The highest BCUT2D eigenvalue weighted by Gasteiger charge is 1.94. The SMILES string of the molecule is CC(C)=CCOC(=O)C=Cc1ccccc1. The fraction of sp³-hybridized carbons (Fsp3) is 0.214. The highest BCUT2D eigenvalue weighted by Crippen LogP contribution is 2.01. The van der Waals surface area contributed by atoms with Gasteiger partial charge in [0, 0.05) is 6.08 Å². The second kappa shape index (κ2) is 6.62. The predicted octanol–water partition coefficient (Wildman–Crippen LogP) is 3.21. The lowest BCUT2D eigenvalue weighted by atomic mass is 10.2. The van der Waals surface area contributed by atoms with Crippen LogP contribution >= 0.6 is 0 Å². The van der Waals surface area contributed by atoms with Gasteiger partial charge in [0.1, 0.15) is 6.61 Å². The first-order valence-corrected chi connectivity index (χ1v) is 5.22. The van der Waals surface area contributed by atoms with Gasteiger partial charge in [0.15, 0.2) is 0 Å². The van der Waals surface area contributed by atoms with Crippen LogP contribution in [0.2, 0.25) is 0 Å². The van der Waals surface area contributed by atoms with Crippen molar-refractivity contribution in [3.8, 4) is 0 Å². The molecule has 1 rings (SSSR count). The molecular weight excluding hydrogens is 200 g/mol. The molecule has 0 spiro atoms. The Morgan fingerprint density at radius 2 is 1.94 bits per heavy atom. The zero-order valence-electron chi connectivity index (χ0n) is 9.64. The van der Waals surface area contributed by atoms with Crippen LogP contribution in [0.1, 0.15) is 19.4 Å². The Bertz CT molecular complexity index is 384. The number of esters is 1. The lowest BCUT2D eigenvalue weighted by Crippen LogP contribution is -2.00. The van der Waals surface area contributed by atoms with Crippen LogP contribution in [-0.2, 0) is 9.53 Å². The first-order chi connectivity index (χ1) is 7.68. The molecule has 1 aromatic rings. The van der Waals surface area contributed by atoms with E-state index in [1.807, 2.05) is 50.3 Å². The van der Waals surface area contributed by atoms with Crippen molar-refractivity contribution in [1.82, 2.24) is 0 Å². The Morgan fingerprint density at radius 1 is 1.25 bits per heavy atom. The van der Waals surface area contributed by atoms with Gasteiger partial charge in [0.25, 0.3) is 0 Å². The molecule has 0 radical (unpaired) electrons. The number of hydrogen-bond donors (Lipinski definition) is 0. The largest absolute Gasteiger partial charge is 0.458 e. The van der Waals surface area contributed by atoms with E-state index in [9.17, 15) is 4.79 Å². The fourth-order valence-corrected chi connectivity index (χ4v) is 1.07. The summed E-state index contributed by atoms with van der Waals surface area (Å²) in [6.45, 7) is 4.27. The standard InChI is InChI=1S/C14H16O2/c1-12(2)10-11-16-14(15)9-8-13-6-4-3-5-7-13/h3-10H,11H2,1-2H3. The topological polar surface area (TPSA) is 26.3 Å². The second-order valence-electron chi connectivity index (χ2n) is 3.66. The van der Waals surface area contributed by atoms with Crippen LogP contribution in [0.15, 0.2) is 48.1 Å². The summed E-state index contributed by atoms with van der Waals surface area (Å²) in [5.74, 6) is -0.318. The second-order valence-corrected chi connectivity index (χ2v) is 3.66. The predicted molar refractivity (Wildman–Crippen MR) is 65.9 cm³/mol. The Labute approximate surface area is 96.2 Å². The molecule has 0 N–H and O–H groups in total. The van der Waals surface area contributed by atoms with Gasteiger partial charge >= 0.3 is 5.97 Å². The maximum Gasteiger partial charge on any atom is 0.331 e. The van der Waals surface area contributed by atoms with Crippen molar-refractivity contribution in [3.63, 3.8) is 0 Å². The summed E-state index contributed by atoms with van der Waals surface area (Å²) in [5.41, 5.74) is 2.13. The van der Waals surface area contributed by atoms with Crippen molar-refractivity contribution in [2.24, 2.45) is 0 Å². The quantitative estimate of drug-likeness (QED) is 0.439. The number of ether oxygens (including phenoxy) is 1. The van der Waals surface area contributed by atoms with Crippen molar-refractivity contribution in [2.75, 3.05) is 6.61 Å². The molecule has 0 unspecified atom stereocenters. The van der Waals surface area contributed by atoms with Crippen molar-refractivity contribution >= 4 is 12.0 Å². The molecule has 0 saturated carbocycles. The molecule has 0 aliphatic rings. The number of carbonyl (C=O) groups excluding carboxylic acids is 1. The van der Waals surface area contributed by atoms with Gasteiger partial charge < -0.3 is 4.74 Å². The number of allylic oxidation sites excluding steroid dienone is 1. The van der Waals surface area contributed by atoms with Crippen molar-refractivity contribution < 1.29 is 9.53 Å². The summed E-state index contributed by atoms with van der Waals surface area (Å²) < 4.78 is 4.97. The summed E-state index contributed by atoms with van der Waals surface area (Å²) in [6, 6.07) is 9.65. The Hall–Kier alpha value is -1.83. The number of rotatable bonds is 4. The van der Waals surface area contributed by atoms with E-state index in [4.69, 9.17) is 4.74 Å². The number of benzene rings is 1. The molecule has 0 atom stereocenters. The minimum absolute atomic E-state index is 0.318. The van der Waals surface area contributed by atoms with Crippen LogP contribution in [0, 0.1) is 0 Å². The van der Waals surface area contributed by atoms with Gasteiger partial charge in [-0.2, -0.15) is 0 Å². The molecule has 0 fully saturated rings. The van der Waals surface area contributed by atoms with Crippen LogP contribution in [0.4, 0.5) is 0 Å². The molecule has 84 valence electrons. The molecule has 1 aromatic carbocycles. The minimum Gasteiger partial charge on any atom is -0.458 e. The van der Waals surface area contributed by atoms with Gasteiger partial charge in [-0.05, 0) is 31.6 Å². The lowest BCUT2D eigenvalue weighted by Gasteiger charge is -1.97. The third-order valence-corrected chi connectivity index (χ3v) is 1.93. The molecule has 0 aromatic heterocycles. The van der Waals surface area contributed by atoms with Gasteiger partial charge in [0.05, 0.1) is 0 Å². The van der Waals surface area contributed by atoms with Crippen LogP contribution in [-0.4, -0.2) is 12.6 Å². The third kappa shape index (κ3) is 5.15. The molecule has 0 bridgehead atoms. The number of carbonyl (C=O) groups is 1. The summed E-state index contributed by atoms with van der Waals surface area (Å²) >= 11 is 0. The monoisotopic (exact) mass is 216 g/mol. The van der Waals surface area contributed by atoms with Gasteiger partial charge in [-0.3, -0.25) is 0 Å². The normalized spacial score (nSPS) is 10.1. The highest BCUT2D eigenvalue weighted by molar-refractivity contribution is 5.87. The molecule has 0 aliphatic carbocycles. The number of hydrogen-bond acceptors (Lipinski definition) is 2. The van der Waals surface area contributed by atoms with Crippen molar-refractivity contribution in [2.45, 2.75) is 13.8 Å². The van der Waals surface area contributed by atoms with Gasteiger partial charge in [-0.15, -0.1) is 0 Å². The van der Waals surface area contributed by atoms with Gasteiger partial charge in [-0.1, -0.05) is 35.9 Å². The molecule has 2 nitrogen and oxygen atoms in total. The van der Waals surface area contributed by atoms with E-state index in [1.54, 1.807) is 6.08 Å². The maximum atomic E-state index is 11.3. The van der Waals surface area contributed by atoms with E-state index in [1.165, 1.54) is 6.08 Å². The maximum absolute atomic E-state index is 11.3. The zero-order chi connectivity index (χ0) is 11.8. The van der Waals surface area contributed by atoms with E-state index in [0.29, 0.717) is 6.61 Å². The first kappa shape index (κ1) is 12.2. The summed E-state index contributed by atoms with van der Waals surface area (Å²) in [6.07, 6.45) is 5.05. The molecule has 0 heterocycles. The van der Waals surface area contributed by atoms with Crippen LogP contribution < -0.4 is 0 Å². The average molecular weight is 216 g/mol. The fourth-order valence-electron chi connectivity index (χ4n) is 1.07. The van der Waals surface area contributed by atoms with Crippen LogP contribution in [0.3, 0.4) is 0 Å². The molecule has 0 aliphatic heterocycles. The van der Waals surface area contributed by atoms with Gasteiger partial charge in [0.2, 0.25) is 0 Å². The lowest BCUT2D eigenvalue weighted by molar-refractivity contribution is -0.136. The highest BCUT2D eigenvalue weighted by atomic mass is 16.5. The molecule has 2 heteroatoms. The smallest absolute Gasteiger partial charge is 0.331 e. The zero-order valence-corrected chi connectivity index (χ0v) is 9.64. The summed E-state index contributed by atoms with van der Waals surface area (Å²) in [4.78, 5) is 11.3. The van der Waals surface area contributed by atoms with Crippen LogP contribution in [0.25, 0.3) is 6.08 Å². The van der Waals surface area contributed by atoms with Crippen LogP contribution in [0.5, 0.6) is 0 Å². The molecule has 0 amide bonds. The Balaban J connectivity index is 2.40. The average Bonchev–Trinajstić information content (AvgIpc) is 2.27. The Kier molecular flexibility index (Phi) is 5.06. The molecule has 16 heavy (non-hydrogen) atoms. The summed E-state index contributed by atoms with van der Waals surface area (Å²) in [7, 11) is 0. The van der Waals surface area contributed by atoms with Gasteiger partial charge in [-0.25, -0.2) is 4.79 Å². The minimum atomic E-state index is -0.318. The van der Waals surface area contributed by atoms with E-state index in [2.05, 4.69) is 0 Å². The first-order valence-electron chi connectivity index (χ1n) is 5.22. The Morgan fingerprint density at radius 3 is 2.56 bits per heavy atom. The van der Waals surface area contributed by atoms with E-state index >= 15 is 0 Å². The van der Waals surface area contributed by atoms with E-state index in [0.717, 1.165) is 11.1 Å². The van der Waals surface area contributed by atoms with E-state index in [-0.39, 0.29) is 5.97 Å². The van der Waals surface area contributed by atoms with Crippen molar-refractivity contribution in [1.29, 1.82) is 0 Å².